The Hall–Kier alpha value is -0.790. The highest BCUT2D eigenvalue weighted by Crippen LogP contribution is 2.35. The molecule has 2 aromatic rings. The zero-order valence-corrected chi connectivity index (χ0v) is 14.5. The predicted molar refractivity (Wildman–Crippen MR) is 91.9 cm³/mol. The fourth-order valence-electron chi connectivity index (χ4n) is 2.31. The molecule has 0 saturated carbocycles. The Kier molecular flexibility index (Phi) is 5.29. The van der Waals surface area contributed by atoms with E-state index in [4.69, 9.17) is 11.6 Å². The molecule has 0 amide bonds. The van der Waals surface area contributed by atoms with E-state index in [1.165, 1.54) is 16.7 Å². The summed E-state index contributed by atoms with van der Waals surface area (Å²) in [6.07, 6.45) is 1.12. The van der Waals surface area contributed by atoms with Crippen molar-refractivity contribution >= 4 is 27.5 Å². The topological polar surface area (TPSA) is 0 Å². The Labute approximate surface area is 135 Å². The van der Waals surface area contributed by atoms with E-state index in [-0.39, 0.29) is 4.83 Å². The molecule has 0 aliphatic rings. The van der Waals surface area contributed by atoms with Crippen molar-refractivity contribution in [2.75, 3.05) is 0 Å². The van der Waals surface area contributed by atoms with Gasteiger partial charge in [-0.25, -0.2) is 0 Å². The van der Waals surface area contributed by atoms with Gasteiger partial charge in [0.2, 0.25) is 0 Å². The quantitative estimate of drug-likeness (QED) is 0.564. The average molecular weight is 352 g/mol. The maximum atomic E-state index is 6.34. The SMILES string of the molecule is Cc1ccc(C(Br)c2ccc(CC(C)C)cc2)c(Cl)c1. The summed E-state index contributed by atoms with van der Waals surface area (Å²) in [5.41, 5.74) is 4.93. The average Bonchev–Trinajstić information content (AvgIpc) is 2.38. The molecule has 2 heteroatoms. The van der Waals surface area contributed by atoms with Gasteiger partial charge in [0, 0.05) is 5.02 Å². The van der Waals surface area contributed by atoms with E-state index in [0.29, 0.717) is 5.92 Å². The molecule has 0 N–H and O–H groups in total. The third kappa shape index (κ3) is 3.86. The lowest BCUT2D eigenvalue weighted by molar-refractivity contribution is 0.647. The molecule has 0 nitrogen and oxygen atoms in total. The Morgan fingerprint density at radius 1 is 1.05 bits per heavy atom. The van der Waals surface area contributed by atoms with Crippen molar-refractivity contribution in [2.45, 2.75) is 32.0 Å². The molecular weight excluding hydrogens is 332 g/mol. The molecule has 0 saturated heterocycles. The summed E-state index contributed by atoms with van der Waals surface area (Å²) in [6.45, 7) is 6.54. The Bertz CT molecular complexity index is 572. The molecule has 1 atom stereocenters. The fourth-order valence-corrected chi connectivity index (χ4v) is 3.49. The highest BCUT2D eigenvalue weighted by molar-refractivity contribution is 9.09. The molecule has 0 heterocycles. The Balaban J connectivity index is 2.22. The van der Waals surface area contributed by atoms with Gasteiger partial charge in [-0.3, -0.25) is 0 Å². The van der Waals surface area contributed by atoms with E-state index < -0.39 is 0 Å². The van der Waals surface area contributed by atoms with Crippen LogP contribution >= 0.6 is 27.5 Å². The first-order valence-electron chi connectivity index (χ1n) is 6.96. The van der Waals surface area contributed by atoms with Gasteiger partial charge < -0.3 is 0 Å². The van der Waals surface area contributed by atoms with Crippen molar-refractivity contribution in [1.29, 1.82) is 0 Å². The van der Waals surface area contributed by atoms with Gasteiger partial charge in [-0.2, -0.15) is 0 Å². The molecule has 2 rings (SSSR count). The van der Waals surface area contributed by atoms with Gasteiger partial charge in [-0.1, -0.05) is 77.8 Å². The largest absolute Gasteiger partial charge is 0.0840 e. The minimum Gasteiger partial charge on any atom is -0.0840 e. The van der Waals surface area contributed by atoms with Crippen molar-refractivity contribution in [3.05, 3.63) is 69.7 Å². The number of halogens is 2. The number of rotatable bonds is 4. The van der Waals surface area contributed by atoms with E-state index in [1.54, 1.807) is 0 Å². The van der Waals surface area contributed by atoms with Crippen LogP contribution in [0.4, 0.5) is 0 Å². The van der Waals surface area contributed by atoms with Crippen LogP contribution in [0.3, 0.4) is 0 Å². The maximum Gasteiger partial charge on any atom is 0.0659 e. The lowest BCUT2D eigenvalue weighted by atomic mass is 9.99. The molecule has 0 radical (unpaired) electrons. The first-order chi connectivity index (χ1) is 9.47. The third-order valence-electron chi connectivity index (χ3n) is 3.35. The summed E-state index contributed by atoms with van der Waals surface area (Å²) in [5.74, 6) is 0.687. The van der Waals surface area contributed by atoms with Gasteiger partial charge in [0.05, 0.1) is 4.83 Å². The number of benzene rings is 2. The Morgan fingerprint density at radius 3 is 2.25 bits per heavy atom. The highest BCUT2D eigenvalue weighted by Gasteiger charge is 2.13. The zero-order chi connectivity index (χ0) is 14.7. The van der Waals surface area contributed by atoms with Crippen molar-refractivity contribution < 1.29 is 0 Å². The van der Waals surface area contributed by atoms with Gasteiger partial charge >= 0.3 is 0 Å². The van der Waals surface area contributed by atoms with Crippen LogP contribution in [0, 0.1) is 12.8 Å². The van der Waals surface area contributed by atoms with Crippen molar-refractivity contribution in [2.24, 2.45) is 5.92 Å². The monoisotopic (exact) mass is 350 g/mol. The van der Waals surface area contributed by atoms with Crippen LogP contribution in [0.5, 0.6) is 0 Å². The molecule has 0 spiro atoms. The Morgan fingerprint density at radius 2 is 1.70 bits per heavy atom. The number of hydrogen-bond donors (Lipinski definition) is 0. The summed E-state index contributed by atoms with van der Waals surface area (Å²) in [5, 5.41) is 0.818. The van der Waals surface area contributed by atoms with Crippen LogP contribution in [0.1, 0.15) is 40.9 Å². The minimum absolute atomic E-state index is 0.142. The lowest BCUT2D eigenvalue weighted by Gasteiger charge is -2.14. The fraction of sp³-hybridized carbons (Fsp3) is 0.333. The van der Waals surface area contributed by atoms with E-state index in [9.17, 15) is 0 Å². The van der Waals surface area contributed by atoms with E-state index >= 15 is 0 Å². The summed E-state index contributed by atoms with van der Waals surface area (Å²) < 4.78 is 0. The first kappa shape index (κ1) is 15.6. The van der Waals surface area contributed by atoms with Crippen LogP contribution in [0.25, 0.3) is 0 Å². The number of alkyl halides is 1. The van der Waals surface area contributed by atoms with Crippen LogP contribution in [-0.2, 0) is 6.42 Å². The number of hydrogen-bond acceptors (Lipinski definition) is 0. The second-order valence-electron chi connectivity index (χ2n) is 5.73. The summed E-state index contributed by atoms with van der Waals surface area (Å²) in [6, 6.07) is 15.0. The van der Waals surface area contributed by atoms with Gasteiger partial charge in [0.25, 0.3) is 0 Å². The summed E-state index contributed by atoms with van der Waals surface area (Å²) >= 11 is 10.1. The first-order valence-corrected chi connectivity index (χ1v) is 8.25. The molecular formula is C18H20BrCl. The van der Waals surface area contributed by atoms with Gasteiger partial charge in [-0.05, 0) is 47.6 Å². The second kappa shape index (κ2) is 6.78. The van der Waals surface area contributed by atoms with E-state index in [2.05, 4.69) is 73.1 Å². The minimum atomic E-state index is 0.142. The van der Waals surface area contributed by atoms with Crippen molar-refractivity contribution in [3.63, 3.8) is 0 Å². The van der Waals surface area contributed by atoms with Gasteiger partial charge in [0.1, 0.15) is 0 Å². The summed E-state index contributed by atoms with van der Waals surface area (Å²) in [4.78, 5) is 0.142. The molecule has 1 unspecified atom stereocenters. The van der Waals surface area contributed by atoms with Gasteiger partial charge in [0.15, 0.2) is 0 Å². The van der Waals surface area contributed by atoms with Crippen LogP contribution in [-0.4, -0.2) is 0 Å². The normalized spacial score (nSPS) is 12.7. The zero-order valence-electron chi connectivity index (χ0n) is 12.2. The highest BCUT2D eigenvalue weighted by atomic mass is 79.9. The van der Waals surface area contributed by atoms with Crippen molar-refractivity contribution in [1.82, 2.24) is 0 Å². The van der Waals surface area contributed by atoms with Crippen LogP contribution < -0.4 is 0 Å². The summed E-state index contributed by atoms with van der Waals surface area (Å²) in [7, 11) is 0. The molecule has 20 heavy (non-hydrogen) atoms. The molecule has 0 fully saturated rings. The van der Waals surface area contributed by atoms with Crippen LogP contribution in [0.2, 0.25) is 5.02 Å². The van der Waals surface area contributed by atoms with E-state index in [1.807, 2.05) is 6.07 Å². The molecule has 0 bridgehead atoms. The lowest BCUT2D eigenvalue weighted by Crippen LogP contribution is -1.97. The standard InChI is InChI=1S/C18H20BrCl/c1-12(2)10-14-5-7-15(8-6-14)18(19)16-9-4-13(3)11-17(16)20/h4-9,11-12,18H,10H2,1-3H3. The predicted octanol–water partition coefficient (Wildman–Crippen LogP) is 6.33. The smallest absolute Gasteiger partial charge is 0.0659 e. The van der Waals surface area contributed by atoms with Crippen LogP contribution in [0.15, 0.2) is 42.5 Å². The second-order valence-corrected chi connectivity index (χ2v) is 7.05. The van der Waals surface area contributed by atoms with Gasteiger partial charge in [-0.15, -0.1) is 0 Å². The number of aryl methyl sites for hydroxylation is 1. The molecule has 0 aromatic heterocycles. The van der Waals surface area contributed by atoms with Crippen molar-refractivity contribution in [3.8, 4) is 0 Å². The molecule has 0 aliphatic heterocycles. The van der Waals surface area contributed by atoms with E-state index in [0.717, 1.165) is 17.0 Å². The molecule has 106 valence electrons. The molecule has 0 aliphatic carbocycles. The maximum absolute atomic E-state index is 6.34. The third-order valence-corrected chi connectivity index (χ3v) is 4.69. The molecule has 2 aromatic carbocycles.